The standard InChI is InChI=1S/C12H21N3O4S/c1-2-9-20(18,19)15-7-5-14(6-8-15)12(17)11(16)13-10-3-4-10/h10H,2-9H2,1H3,(H,13,16). The van der Waals surface area contributed by atoms with Gasteiger partial charge in [-0.25, -0.2) is 8.42 Å². The van der Waals surface area contributed by atoms with Crippen LogP contribution in [0.4, 0.5) is 0 Å². The molecule has 0 aromatic heterocycles. The van der Waals surface area contributed by atoms with Gasteiger partial charge in [0, 0.05) is 32.2 Å². The largest absolute Gasteiger partial charge is 0.345 e. The number of sulfonamides is 1. The molecule has 0 radical (unpaired) electrons. The highest BCUT2D eigenvalue weighted by atomic mass is 32.2. The van der Waals surface area contributed by atoms with Gasteiger partial charge in [-0.2, -0.15) is 4.31 Å². The molecule has 2 rings (SSSR count). The lowest BCUT2D eigenvalue weighted by molar-refractivity contribution is -0.146. The van der Waals surface area contributed by atoms with Crippen LogP contribution in [0.1, 0.15) is 26.2 Å². The predicted octanol–water partition coefficient (Wildman–Crippen LogP) is -0.851. The van der Waals surface area contributed by atoms with Crippen molar-refractivity contribution in [2.24, 2.45) is 0 Å². The van der Waals surface area contributed by atoms with Crippen molar-refractivity contribution in [3.05, 3.63) is 0 Å². The molecule has 1 saturated heterocycles. The molecule has 0 atom stereocenters. The Kier molecular flexibility index (Phi) is 4.64. The van der Waals surface area contributed by atoms with Gasteiger partial charge in [-0.15, -0.1) is 0 Å². The monoisotopic (exact) mass is 303 g/mol. The summed E-state index contributed by atoms with van der Waals surface area (Å²) >= 11 is 0. The maximum atomic E-state index is 11.9. The molecule has 7 nitrogen and oxygen atoms in total. The fraction of sp³-hybridized carbons (Fsp3) is 0.833. The number of hydrogen-bond acceptors (Lipinski definition) is 4. The van der Waals surface area contributed by atoms with Gasteiger partial charge in [0.2, 0.25) is 10.0 Å². The van der Waals surface area contributed by atoms with Gasteiger partial charge in [0.05, 0.1) is 5.75 Å². The van der Waals surface area contributed by atoms with Crippen LogP contribution >= 0.6 is 0 Å². The number of carbonyl (C=O) groups is 2. The molecular weight excluding hydrogens is 282 g/mol. The number of nitrogens with one attached hydrogen (secondary N) is 1. The molecule has 8 heteroatoms. The summed E-state index contributed by atoms with van der Waals surface area (Å²) in [5.41, 5.74) is 0. The molecule has 0 spiro atoms. The highest BCUT2D eigenvalue weighted by molar-refractivity contribution is 7.89. The van der Waals surface area contributed by atoms with Crippen molar-refractivity contribution in [3.8, 4) is 0 Å². The zero-order chi connectivity index (χ0) is 14.8. The number of nitrogens with zero attached hydrogens (tertiary/aromatic N) is 2. The van der Waals surface area contributed by atoms with Crippen molar-refractivity contribution < 1.29 is 18.0 Å². The fourth-order valence-corrected chi connectivity index (χ4v) is 3.67. The second-order valence-corrected chi connectivity index (χ2v) is 7.34. The molecule has 1 N–H and O–H groups in total. The molecule has 114 valence electrons. The van der Waals surface area contributed by atoms with Crippen molar-refractivity contribution in [3.63, 3.8) is 0 Å². The van der Waals surface area contributed by atoms with Crippen LogP contribution in [0.15, 0.2) is 0 Å². The Hall–Kier alpha value is -1.15. The molecule has 0 aromatic rings. The lowest BCUT2D eigenvalue weighted by atomic mass is 10.3. The normalized spacial score (nSPS) is 20.8. The van der Waals surface area contributed by atoms with Crippen LogP contribution in [-0.2, 0) is 19.6 Å². The molecule has 0 aromatic carbocycles. The summed E-state index contributed by atoms with van der Waals surface area (Å²) in [5.74, 6) is -0.995. The van der Waals surface area contributed by atoms with Gasteiger partial charge in [0.25, 0.3) is 0 Å². The molecule has 0 bridgehead atoms. The average Bonchev–Trinajstić information content (AvgIpc) is 3.22. The van der Waals surface area contributed by atoms with Crippen LogP contribution in [0.3, 0.4) is 0 Å². The summed E-state index contributed by atoms with van der Waals surface area (Å²) in [5, 5.41) is 2.65. The molecule has 1 aliphatic heterocycles. The first-order valence-corrected chi connectivity index (χ1v) is 8.62. The Morgan fingerprint density at radius 3 is 2.25 bits per heavy atom. The summed E-state index contributed by atoms with van der Waals surface area (Å²) in [6.45, 7) is 2.91. The number of amides is 2. The SMILES string of the molecule is CCCS(=O)(=O)N1CCN(C(=O)C(=O)NC2CC2)CC1. The van der Waals surface area contributed by atoms with Gasteiger partial charge in [-0.3, -0.25) is 9.59 Å². The van der Waals surface area contributed by atoms with Crippen molar-refractivity contribution in [2.75, 3.05) is 31.9 Å². The van der Waals surface area contributed by atoms with E-state index in [1.165, 1.54) is 9.21 Å². The highest BCUT2D eigenvalue weighted by Gasteiger charge is 2.32. The third kappa shape index (κ3) is 3.69. The van der Waals surface area contributed by atoms with E-state index in [0.29, 0.717) is 6.42 Å². The van der Waals surface area contributed by atoms with Crippen LogP contribution < -0.4 is 5.32 Å². The number of rotatable bonds is 4. The van der Waals surface area contributed by atoms with Crippen LogP contribution in [0.5, 0.6) is 0 Å². The fourth-order valence-electron chi connectivity index (χ4n) is 2.17. The minimum Gasteiger partial charge on any atom is -0.345 e. The van der Waals surface area contributed by atoms with Gasteiger partial charge >= 0.3 is 11.8 Å². The third-order valence-electron chi connectivity index (χ3n) is 3.49. The first-order valence-electron chi connectivity index (χ1n) is 7.01. The maximum Gasteiger partial charge on any atom is 0.311 e. The van der Waals surface area contributed by atoms with E-state index in [-0.39, 0.29) is 38.0 Å². The molecule has 1 heterocycles. The summed E-state index contributed by atoms with van der Waals surface area (Å²) in [6.07, 6.45) is 2.44. The number of piperazine rings is 1. The van der Waals surface area contributed by atoms with Crippen molar-refractivity contribution >= 4 is 21.8 Å². The highest BCUT2D eigenvalue weighted by Crippen LogP contribution is 2.18. The van der Waals surface area contributed by atoms with E-state index in [1.807, 2.05) is 6.92 Å². The summed E-state index contributed by atoms with van der Waals surface area (Å²) in [7, 11) is -3.22. The molecule has 0 unspecified atom stereocenters. The molecular formula is C12H21N3O4S. The van der Waals surface area contributed by atoms with Gasteiger partial charge in [0.15, 0.2) is 0 Å². The molecule has 2 fully saturated rings. The Bertz CT molecular complexity index is 479. The van der Waals surface area contributed by atoms with Gasteiger partial charge in [-0.1, -0.05) is 6.92 Å². The van der Waals surface area contributed by atoms with Crippen LogP contribution in [0.25, 0.3) is 0 Å². The maximum absolute atomic E-state index is 11.9. The van der Waals surface area contributed by atoms with E-state index < -0.39 is 21.8 Å². The molecule has 20 heavy (non-hydrogen) atoms. The Morgan fingerprint density at radius 2 is 1.75 bits per heavy atom. The van der Waals surface area contributed by atoms with Gasteiger partial charge in [0.1, 0.15) is 0 Å². The second kappa shape index (κ2) is 6.09. The number of hydrogen-bond donors (Lipinski definition) is 1. The summed E-state index contributed by atoms with van der Waals surface area (Å²) < 4.78 is 25.2. The van der Waals surface area contributed by atoms with E-state index in [9.17, 15) is 18.0 Å². The van der Waals surface area contributed by atoms with E-state index >= 15 is 0 Å². The van der Waals surface area contributed by atoms with Crippen LogP contribution in [0.2, 0.25) is 0 Å². The summed E-state index contributed by atoms with van der Waals surface area (Å²) in [6, 6.07) is 0.151. The smallest absolute Gasteiger partial charge is 0.311 e. The third-order valence-corrected chi connectivity index (χ3v) is 5.56. The van der Waals surface area contributed by atoms with Crippen LogP contribution in [0, 0.1) is 0 Å². The van der Waals surface area contributed by atoms with E-state index in [4.69, 9.17) is 0 Å². The quantitative estimate of drug-likeness (QED) is 0.685. The first-order chi connectivity index (χ1) is 9.44. The van der Waals surface area contributed by atoms with Gasteiger partial charge < -0.3 is 10.2 Å². The summed E-state index contributed by atoms with van der Waals surface area (Å²) in [4.78, 5) is 25.0. The minimum atomic E-state index is -3.22. The zero-order valence-electron chi connectivity index (χ0n) is 11.7. The van der Waals surface area contributed by atoms with Crippen molar-refractivity contribution in [2.45, 2.75) is 32.2 Å². The van der Waals surface area contributed by atoms with E-state index in [0.717, 1.165) is 12.8 Å². The predicted molar refractivity (Wildman–Crippen MR) is 73.4 cm³/mol. The Morgan fingerprint density at radius 1 is 1.15 bits per heavy atom. The lowest BCUT2D eigenvalue weighted by Crippen LogP contribution is -2.54. The molecule has 2 aliphatic rings. The Labute approximate surface area is 119 Å². The molecule has 1 saturated carbocycles. The zero-order valence-corrected chi connectivity index (χ0v) is 12.5. The van der Waals surface area contributed by atoms with Crippen molar-refractivity contribution in [1.29, 1.82) is 0 Å². The topological polar surface area (TPSA) is 86.8 Å². The van der Waals surface area contributed by atoms with Crippen molar-refractivity contribution in [1.82, 2.24) is 14.5 Å². The van der Waals surface area contributed by atoms with E-state index in [1.54, 1.807) is 0 Å². The average molecular weight is 303 g/mol. The van der Waals surface area contributed by atoms with Crippen LogP contribution in [-0.4, -0.2) is 67.4 Å². The van der Waals surface area contributed by atoms with Gasteiger partial charge in [-0.05, 0) is 19.3 Å². The van der Waals surface area contributed by atoms with E-state index in [2.05, 4.69) is 5.32 Å². The second-order valence-electron chi connectivity index (χ2n) is 5.25. The molecule has 1 aliphatic carbocycles. The Balaban J connectivity index is 1.84. The minimum absolute atomic E-state index is 0.128. The lowest BCUT2D eigenvalue weighted by Gasteiger charge is -2.33. The molecule has 2 amide bonds. The number of carbonyl (C=O) groups excluding carboxylic acids is 2. The first kappa shape index (κ1) is 15.2.